The topological polar surface area (TPSA) is 122 Å². The highest BCUT2D eigenvalue weighted by molar-refractivity contribution is 5.97. The van der Waals surface area contributed by atoms with Crippen LogP contribution in [-0.4, -0.2) is 30.4 Å². The van der Waals surface area contributed by atoms with Gasteiger partial charge in [0.2, 0.25) is 5.91 Å². The molecule has 0 saturated carbocycles. The van der Waals surface area contributed by atoms with Crippen LogP contribution in [0.1, 0.15) is 36.2 Å². The lowest BCUT2D eigenvalue weighted by Gasteiger charge is -2.21. The summed E-state index contributed by atoms with van der Waals surface area (Å²) < 4.78 is 4.82. The number of nitrogens with two attached hydrogens (primary N) is 1. The Morgan fingerprint density at radius 3 is 2.39 bits per heavy atom. The highest BCUT2D eigenvalue weighted by atomic mass is 16.5. The highest BCUT2D eigenvalue weighted by Gasteiger charge is 2.27. The van der Waals surface area contributed by atoms with E-state index >= 15 is 0 Å². The van der Waals surface area contributed by atoms with Crippen LogP contribution < -0.4 is 11.1 Å². The molecule has 0 saturated heterocycles. The summed E-state index contributed by atoms with van der Waals surface area (Å²) in [5, 5.41) is 11.2. The molecular weight excluding hydrogens is 298 g/mol. The van der Waals surface area contributed by atoms with Crippen molar-refractivity contribution in [3.8, 4) is 6.07 Å². The minimum absolute atomic E-state index is 0.0326. The summed E-state index contributed by atoms with van der Waals surface area (Å²) in [5.41, 5.74) is 6.02. The van der Waals surface area contributed by atoms with Gasteiger partial charge in [-0.05, 0) is 37.1 Å². The normalized spacial score (nSPS) is 12.6. The number of ether oxygens (including phenoxy) is 1. The first-order valence-corrected chi connectivity index (χ1v) is 7.15. The van der Waals surface area contributed by atoms with E-state index in [1.54, 1.807) is 13.8 Å². The van der Waals surface area contributed by atoms with E-state index in [2.05, 4.69) is 5.32 Å². The number of amides is 2. The van der Waals surface area contributed by atoms with Crippen LogP contribution in [0.2, 0.25) is 0 Å². The fourth-order valence-electron chi connectivity index (χ4n) is 2.02. The molecule has 23 heavy (non-hydrogen) atoms. The SMILES string of the molecule is CCOC(=O)C[C@H](C)[C@H](NC(=O)c1ccc(C#N)cc1)C(N)=O. The van der Waals surface area contributed by atoms with Gasteiger partial charge in [-0.25, -0.2) is 0 Å². The second kappa shape index (κ2) is 8.54. The largest absolute Gasteiger partial charge is 0.466 e. The summed E-state index contributed by atoms with van der Waals surface area (Å²) in [5.74, 6) is -2.20. The Hall–Kier alpha value is -2.88. The summed E-state index contributed by atoms with van der Waals surface area (Å²) >= 11 is 0. The van der Waals surface area contributed by atoms with Crippen LogP contribution >= 0.6 is 0 Å². The summed E-state index contributed by atoms with van der Waals surface area (Å²) in [6.07, 6.45) is -0.0326. The first-order chi connectivity index (χ1) is 10.9. The van der Waals surface area contributed by atoms with E-state index in [-0.39, 0.29) is 13.0 Å². The maximum absolute atomic E-state index is 12.2. The Labute approximate surface area is 134 Å². The smallest absolute Gasteiger partial charge is 0.306 e. The fraction of sp³-hybridized carbons (Fsp3) is 0.375. The van der Waals surface area contributed by atoms with Crippen molar-refractivity contribution in [2.24, 2.45) is 11.7 Å². The van der Waals surface area contributed by atoms with Crippen LogP contribution in [0.25, 0.3) is 0 Å². The molecule has 0 fully saturated rings. The van der Waals surface area contributed by atoms with Gasteiger partial charge < -0.3 is 15.8 Å². The van der Waals surface area contributed by atoms with E-state index in [0.717, 1.165) is 0 Å². The van der Waals surface area contributed by atoms with Crippen LogP contribution in [0.4, 0.5) is 0 Å². The van der Waals surface area contributed by atoms with Crippen molar-refractivity contribution in [1.29, 1.82) is 5.26 Å². The Kier molecular flexibility index (Phi) is 6.74. The van der Waals surface area contributed by atoms with Crippen molar-refractivity contribution in [3.05, 3.63) is 35.4 Å². The molecule has 0 aliphatic carbocycles. The van der Waals surface area contributed by atoms with Gasteiger partial charge in [-0.2, -0.15) is 5.26 Å². The van der Waals surface area contributed by atoms with Gasteiger partial charge in [0, 0.05) is 5.56 Å². The zero-order valence-electron chi connectivity index (χ0n) is 13.0. The van der Waals surface area contributed by atoms with Crippen molar-refractivity contribution < 1.29 is 19.1 Å². The summed E-state index contributed by atoms with van der Waals surface area (Å²) in [7, 11) is 0. The van der Waals surface area contributed by atoms with Crippen molar-refractivity contribution in [2.75, 3.05) is 6.61 Å². The molecule has 0 aliphatic rings. The molecule has 0 heterocycles. The van der Waals surface area contributed by atoms with Crippen molar-refractivity contribution >= 4 is 17.8 Å². The average Bonchev–Trinajstić information content (AvgIpc) is 2.52. The molecule has 0 bridgehead atoms. The number of benzene rings is 1. The molecule has 1 aromatic carbocycles. The number of nitrogens with one attached hydrogen (secondary N) is 1. The van der Waals surface area contributed by atoms with Gasteiger partial charge in [-0.15, -0.1) is 0 Å². The highest BCUT2D eigenvalue weighted by Crippen LogP contribution is 2.11. The molecule has 7 heteroatoms. The Balaban J connectivity index is 2.78. The number of nitriles is 1. The third-order valence-electron chi connectivity index (χ3n) is 3.23. The molecular formula is C16H19N3O4. The monoisotopic (exact) mass is 317 g/mol. The zero-order chi connectivity index (χ0) is 17.4. The van der Waals surface area contributed by atoms with Crippen LogP contribution in [0.3, 0.4) is 0 Å². The van der Waals surface area contributed by atoms with Crippen molar-refractivity contribution in [1.82, 2.24) is 5.32 Å². The summed E-state index contributed by atoms with van der Waals surface area (Å²) in [6.45, 7) is 3.55. The number of esters is 1. The molecule has 122 valence electrons. The lowest BCUT2D eigenvalue weighted by atomic mass is 9.97. The predicted octanol–water partition coefficient (Wildman–Crippen LogP) is 0.731. The molecule has 1 rings (SSSR count). The van der Waals surface area contributed by atoms with Crippen molar-refractivity contribution in [3.63, 3.8) is 0 Å². The van der Waals surface area contributed by atoms with Crippen LogP contribution in [-0.2, 0) is 14.3 Å². The number of nitrogens with zero attached hydrogens (tertiary/aromatic N) is 1. The molecule has 1 aromatic rings. The number of carbonyl (C=O) groups excluding carboxylic acids is 3. The van der Waals surface area contributed by atoms with Crippen molar-refractivity contribution in [2.45, 2.75) is 26.3 Å². The quantitative estimate of drug-likeness (QED) is 0.718. The zero-order valence-corrected chi connectivity index (χ0v) is 13.0. The van der Waals surface area contributed by atoms with Crippen LogP contribution in [0.15, 0.2) is 24.3 Å². The van der Waals surface area contributed by atoms with E-state index in [9.17, 15) is 14.4 Å². The molecule has 0 spiro atoms. The third-order valence-corrected chi connectivity index (χ3v) is 3.23. The van der Waals surface area contributed by atoms with Gasteiger partial charge in [-0.1, -0.05) is 6.92 Å². The van der Waals surface area contributed by atoms with E-state index in [1.165, 1.54) is 24.3 Å². The van der Waals surface area contributed by atoms with E-state index in [4.69, 9.17) is 15.7 Å². The lowest BCUT2D eigenvalue weighted by Crippen LogP contribution is -2.49. The predicted molar refractivity (Wildman–Crippen MR) is 82.0 cm³/mol. The Morgan fingerprint density at radius 2 is 1.91 bits per heavy atom. The molecule has 2 amide bonds. The number of carbonyl (C=O) groups is 3. The van der Waals surface area contributed by atoms with Gasteiger partial charge >= 0.3 is 5.97 Å². The second-order valence-electron chi connectivity index (χ2n) is 5.03. The average molecular weight is 317 g/mol. The minimum atomic E-state index is -0.998. The second-order valence-corrected chi connectivity index (χ2v) is 5.03. The van der Waals surface area contributed by atoms with E-state index in [1.807, 2.05) is 6.07 Å². The first-order valence-electron chi connectivity index (χ1n) is 7.15. The minimum Gasteiger partial charge on any atom is -0.466 e. The molecule has 3 N–H and O–H groups in total. The first kappa shape index (κ1) is 18.2. The maximum atomic E-state index is 12.2. The van der Waals surface area contributed by atoms with Gasteiger partial charge in [-0.3, -0.25) is 14.4 Å². The Bertz CT molecular complexity index is 619. The molecule has 0 aliphatic heterocycles. The van der Waals surface area contributed by atoms with Crippen LogP contribution in [0.5, 0.6) is 0 Å². The van der Waals surface area contributed by atoms with Gasteiger partial charge in [0.05, 0.1) is 24.7 Å². The standard InChI is InChI=1S/C16H19N3O4/c1-3-23-13(20)8-10(2)14(15(18)21)19-16(22)12-6-4-11(9-17)5-7-12/h4-7,10,14H,3,8H2,1-2H3,(H2,18,21)(H,19,22)/t10-,14-/m0/s1. The number of hydrogen-bond acceptors (Lipinski definition) is 5. The summed E-state index contributed by atoms with van der Waals surface area (Å²) in [6, 6.07) is 6.89. The van der Waals surface area contributed by atoms with E-state index < -0.39 is 29.7 Å². The molecule has 0 unspecified atom stereocenters. The van der Waals surface area contributed by atoms with Gasteiger partial charge in [0.15, 0.2) is 0 Å². The van der Waals surface area contributed by atoms with E-state index in [0.29, 0.717) is 11.1 Å². The number of rotatable bonds is 7. The number of hydrogen-bond donors (Lipinski definition) is 2. The molecule has 2 atom stereocenters. The van der Waals surface area contributed by atoms with Gasteiger partial charge in [0.1, 0.15) is 6.04 Å². The summed E-state index contributed by atoms with van der Waals surface area (Å²) in [4.78, 5) is 35.2. The maximum Gasteiger partial charge on any atom is 0.306 e. The molecule has 7 nitrogen and oxygen atoms in total. The number of primary amides is 1. The van der Waals surface area contributed by atoms with Crippen LogP contribution in [0, 0.1) is 17.2 Å². The molecule has 0 aromatic heterocycles. The Morgan fingerprint density at radius 1 is 1.30 bits per heavy atom. The fourth-order valence-corrected chi connectivity index (χ4v) is 2.02. The molecule has 0 radical (unpaired) electrons. The lowest BCUT2D eigenvalue weighted by molar-refractivity contribution is -0.144. The van der Waals surface area contributed by atoms with Gasteiger partial charge in [0.25, 0.3) is 5.91 Å². The third kappa shape index (κ3) is 5.43.